The average molecular weight is 414 g/mol. The summed E-state index contributed by atoms with van der Waals surface area (Å²) in [4.78, 5) is 23.8. The fourth-order valence-corrected chi connectivity index (χ4v) is 5.70. The number of nitrogens with zero attached hydrogens (tertiary/aromatic N) is 2. The lowest BCUT2D eigenvalue weighted by atomic mass is 9.97. The molecule has 0 saturated carbocycles. The molecule has 0 aliphatic heterocycles. The lowest BCUT2D eigenvalue weighted by molar-refractivity contribution is -0.118. The Bertz CT molecular complexity index is 987. The van der Waals surface area contributed by atoms with Gasteiger partial charge >= 0.3 is 0 Å². The molecule has 0 atom stereocenters. The smallest absolute Gasteiger partial charge is 0.230 e. The highest BCUT2D eigenvalue weighted by atomic mass is 32.2. The van der Waals surface area contributed by atoms with Crippen LogP contribution in [0.1, 0.15) is 34.4 Å². The van der Waals surface area contributed by atoms with Crippen molar-refractivity contribution in [3.63, 3.8) is 0 Å². The Hall–Kier alpha value is -1.96. The number of rotatable bonds is 7. The molecule has 0 bridgehead atoms. The summed E-state index contributed by atoms with van der Waals surface area (Å²) in [6.45, 7) is 1.09. The molecule has 146 valence electrons. The van der Waals surface area contributed by atoms with Gasteiger partial charge in [-0.05, 0) is 42.4 Å². The van der Waals surface area contributed by atoms with E-state index >= 15 is 0 Å². The van der Waals surface area contributed by atoms with Gasteiger partial charge in [0.1, 0.15) is 16.2 Å². The van der Waals surface area contributed by atoms with Gasteiger partial charge < -0.3 is 10.1 Å². The molecule has 0 saturated heterocycles. The van der Waals surface area contributed by atoms with Crippen LogP contribution in [0.25, 0.3) is 10.2 Å². The van der Waals surface area contributed by atoms with E-state index in [9.17, 15) is 4.79 Å². The Morgan fingerprint density at radius 3 is 3.00 bits per heavy atom. The van der Waals surface area contributed by atoms with Crippen LogP contribution >= 0.6 is 23.1 Å². The first-order chi connectivity index (χ1) is 13.7. The van der Waals surface area contributed by atoms with Crippen LogP contribution < -0.4 is 5.32 Å². The fraction of sp³-hybridized carbons (Fsp3) is 0.381. The van der Waals surface area contributed by atoms with Crippen LogP contribution in [0.5, 0.6) is 0 Å². The van der Waals surface area contributed by atoms with E-state index in [0.29, 0.717) is 18.9 Å². The number of benzene rings is 1. The first kappa shape index (κ1) is 19.4. The standard InChI is InChI=1S/C21H23N3O2S2/c1-26-11-15-6-4-5-14(9-15)10-22-18(25)12-27-20-19-16-7-2-3-8-17(16)28-21(19)24-13-23-20/h4-6,9,13H,2-3,7-8,10-12H2,1H3,(H,22,25). The molecular weight excluding hydrogens is 390 g/mol. The summed E-state index contributed by atoms with van der Waals surface area (Å²) in [5.41, 5.74) is 3.59. The Balaban J connectivity index is 1.39. The van der Waals surface area contributed by atoms with E-state index in [1.165, 1.54) is 40.4 Å². The average Bonchev–Trinajstić information content (AvgIpc) is 3.10. The number of methoxy groups -OCH3 is 1. The van der Waals surface area contributed by atoms with Gasteiger partial charge in [0.15, 0.2) is 0 Å². The van der Waals surface area contributed by atoms with Crippen LogP contribution in [0.4, 0.5) is 0 Å². The SMILES string of the molecule is COCc1cccc(CNC(=O)CSc2ncnc3sc4c(c23)CCCC4)c1. The number of hydrogen-bond donors (Lipinski definition) is 1. The zero-order chi connectivity index (χ0) is 19.3. The Labute approximate surface area is 172 Å². The third-order valence-corrected chi connectivity index (χ3v) is 7.04. The Morgan fingerprint density at radius 2 is 2.11 bits per heavy atom. The molecule has 28 heavy (non-hydrogen) atoms. The summed E-state index contributed by atoms with van der Waals surface area (Å²) in [6.07, 6.45) is 6.33. The van der Waals surface area contributed by atoms with Crippen LogP contribution in [-0.4, -0.2) is 28.7 Å². The molecule has 2 heterocycles. The fourth-order valence-electron chi connectivity index (χ4n) is 3.55. The Kier molecular flexibility index (Phi) is 6.24. The van der Waals surface area contributed by atoms with Gasteiger partial charge in [0.05, 0.1) is 12.4 Å². The summed E-state index contributed by atoms with van der Waals surface area (Å²) >= 11 is 3.29. The van der Waals surface area contributed by atoms with Crippen LogP contribution in [-0.2, 0) is 35.5 Å². The van der Waals surface area contributed by atoms with Crippen molar-refractivity contribution < 1.29 is 9.53 Å². The van der Waals surface area contributed by atoms with Gasteiger partial charge in [-0.3, -0.25) is 4.79 Å². The Morgan fingerprint density at radius 1 is 1.25 bits per heavy atom. The number of amides is 1. The minimum atomic E-state index is 0.0120. The molecular formula is C21H23N3O2S2. The number of carbonyl (C=O) groups excluding carboxylic acids is 1. The van der Waals surface area contributed by atoms with Crippen LogP contribution in [0, 0.1) is 0 Å². The molecule has 0 radical (unpaired) electrons. The first-order valence-corrected chi connectivity index (χ1v) is 11.3. The van der Waals surface area contributed by atoms with E-state index in [4.69, 9.17) is 4.74 Å². The van der Waals surface area contributed by atoms with Crippen molar-refractivity contribution >= 4 is 39.2 Å². The molecule has 1 N–H and O–H groups in total. The second-order valence-corrected chi connectivity index (χ2v) is 8.94. The van der Waals surface area contributed by atoms with Crippen LogP contribution in [0.3, 0.4) is 0 Å². The van der Waals surface area contributed by atoms with Crippen molar-refractivity contribution in [2.75, 3.05) is 12.9 Å². The molecule has 1 amide bonds. The molecule has 4 rings (SSSR count). The number of ether oxygens (including phenoxy) is 1. The number of fused-ring (bicyclic) bond motifs is 3. The third kappa shape index (κ3) is 4.37. The molecule has 0 spiro atoms. The summed E-state index contributed by atoms with van der Waals surface area (Å²) in [5.74, 6) is 0.368. The molecule has 7 heteroatoms. The molecule has 1 aliphatic carbocycles. The van der Waals surface area contributed by atoms with E-state index in [1.54, 1.807) is 24.8 Å². The van der Waals surface area contributed by atoms with Gasteiger partial charge in [-0.2, -0.15) is 0 Å². The number of hydrogen-bond acceptors (Lipinski definition) is 6. The third-order valence-electron chi connectivity index (χ3n) is 4.85. The molecule has 2 aromatic heterocycles. The number of aryl methyl sites for hydroxylation is 2. The van der Waals surface area contributed by atoms with Gasteiger partial charge in [0.25, 0.3) is 0 Å². The largest absolute Gasteiger partial charge is 0.380 e. The van der Waals surface area contributed by atoms with E-state index in [0.717, 1.165) is 33.8 Å². The number of aromatic nitrogens is 2. The zero-order valence-corrected chi connectivity index (χ0v) is 17.5. The second kappa shape index (κ2) is 9.03. The van der Waals surface area contributed by atoms with Crippen molar-refractivity contribution in [3.8, 4) is 0 Å². The maximum atomic E-state index is 12.4. The monoisotopic (exact) mass is 413 g/mol. The number of thioether (sulfide) groups is 1. The summed E-state index contributed by atoms with van der Waals surface area (Å²) in [5, 5.41) is 5.11. The maximum Gasteiger partial charge on any atom is 0.230 e. The molecule has 0 unspecified atom stereocenters. The molecule has 5 nitrogen and oxygen atoms in total. The van der Waals surface area contributed by atoms with Gasteiger partial charge in [-0.25, -0.2) is 9.97 Å². The van der Waals surface area contributed by atoms with Crippen molar-refractivity contribution in [2.45, 2.75) is 43.9 Å². The van der Waals surface area contributed by atoms with Crippen molar-refractivity contribution in [1.29, 1.82) is 0 Å². The van der Waals surface area contributed by atoms with Gasteiger partial charge in [0, 0.05) is 23.9 Å². The number of thiophene rings is 1. The summed E-state index contributed by atoms with van der Waals surface area (Å²) in [6, 6.07) is 8.08. The zero-order valence-electron chi connectivity index (χ0n) is 15.9. The van der Waals surface area contributed by atoms with Crippen LogP contribution in [0.15, 0.2) is 35.6 Å². The van der Waals surface area contributed by atoms with Gasteiger partial charge in [0.2, 0.25) is 5.91 Å². The lowest BCUT2D eigenvalue weighted by Gasteiger charge is -2.11. The van der Waals surface area contributed by atoms with E-state index in [2.05, 4.69) is 21.4 Å². The molecule has 3 aromatic rings. The topological polar surface area (TPSA) is 64.1 Å². The normalized spacial score (nSPS) is 13.5. The van der Waals surface area contributed by atoms with Crippen molar-refractivity contribution in [3.05, 3.63) is 52.2 Å². The molecule has 1 aromatic carbocycles. The predicted octanol–water partition coefficient (Wildman–Crippen LogP) is 4.13. The summed E-state index contributed by atoms with van der Waals surface area (Å²) < 4.78 is 5.16. The number of carbonyl (C=O) groups is 1. The highest BCUT2D eigenvalue weighted by molar-refractivity contribution is 8.00. The predicted molar refractivity (Wildman–Crippen MR) is 114 cm³/mol. The van der Waals surface area contributed by atoms with Gasteiger partial charge in [-0.15, -0.1) is 11.3 Å². The molecule has 1 aliphatic rings. The minimum absolute atomic E-state index is 0.0120. The molecule has 0 fully saturated rings. The van der Waals surface area contributed by atoms with Crippen molar-refractivity contribution in [1.82, 2.24) is 15.3 Å². The quantitative estimate of drug-likeness (QED) is 0.466. The maximum absolute atomic E-state index is 12.4. The van der Waals surface area contributed by atoms with E-state index < -0.39 is 0 Å². The number of nitrogens with one attached hydrogen (secondary N) is 1. The minimum Gasteiger partial charge on any atom is -0.380 e. The highest BCUT2D eigenvalue weighted by Gasteiger charge is 2.20. The summed E-state index contributed by atoms with van der Waals surface area (Å²) in [7, 11) is 1.68. The van der Waals surface area contributed by atoms with E-state index in [-0.39, 0.29) is 5.91 Å². The second-order valence-electron chi connectivity index (χ2n) is 6.89. The highest BCUT2D eigenvalue weighted by Crippen LogP contribution is 2.39. The van der Waals surface area contributed by atoms with Crippen LogP contribution in [0.2, 0.25) is 0 Å². The van der Waals surface area contributed by atoms with E-state index in [1.807, 2.05) is 18.2 Å². The lowest BCUT2D eigenvalue weighted by Crippen LogP contribution is -2.24. The van der Waals surface area contributed by atoms with Gasteiger partial charge in [-0.1, -0.05) is 36.0 Å². The van der Waals surface area contributed by atoms with Crippen molar-refractivity contribution in [2.24, 2.45) is 0 Å². The first-order valence-electron chi connectivity index (χ1n) is 9.46.